The van der Waals surface area contributed by atoms with Crippen molar-refractivity contribution >= 4 is 35.0 Å². The van der Waals surface area contributed by atoms with Crippen LogP contribution >= 0.6 is 23.4 Å². The first kappa shape index (κ1) is 17.3. The largest absolute Gasteiger partial charge is 0.322 e. The van der Waals surface area contributed by atoms with E-state index in [4.69, 9.17) is 11.6 Å². The zero-order valence-corrected chi connectivity index (χ0v) is 15.2. The van der Waals surface area contributed by atoms with Crippen LogP contribution in [0.5, 0.6) is 0 Å². The van der Waals surface area contributed by atoms with Crippen molar-refractivity contribution in [2.45, 2.75) is 13.5 Å². The number of nitrogens with one attached hydrogen (secondary N) is 1. The maximum Gasteiger partial charge on any atom is 0.258 e. The van der Waals surface area contributed by atoms with Crippen LogP contribution in [0.3, 0.4) is 0 Å². The Balaban J connectivity index is 1.75. The number of carbonyl (C=O) groups is 1. The van der Waals surface area contributed by atoms with Gasteiger partial charge in [-0.1, -0.05) is 23.7 Å². The van der Waals surface area contributed by atoms with Crippen molar-refractivity contribution in [3.8, 4) is 0 Å². The van der Waals surface area contributed by atoms with Crippen LogP contribution < -0.4 is 5.32 Å². The van der Waals surface area contributed by atoms with Gasteiger partial charge in [-0.2, -0.15) is 11.8 Å². The minimum absolute atomic E-state index is 0.217. The lowest BCUT2D eigenvalue weighted by Gasteiger charge is -2.27. The standard InChI is InChI=1S/C18H20ClN3OS/c1-13-14(12-22-8-10-24-11-9-22)4-2-6-16(13)21-18(23)15-5-3-7-20-17(15)19/h2-7H,8-12H2,1H3,(H,21,23). The van der Waals surface area contributed by atoms with Gasteiger partial charge in [0.15, 0.2) is 0 Å². The number of benzene rings is 1. The molecule has 0 unspecified atom stereocenters. The summed E-state index contributed by atoms with van der Waals surface area (Å²) in [6, 6.07) is 9.42. The average molecular weight is 362 g/mol. The Morgan fingerprint density at radius 2 is 2.08 bits per heavy atom. The number of amides is 1. The summed E-state index contributed by atoms with van der Waals surface area (Å²) in [7, 11) is 0. The summed E-state index contributed by atoms with van der Waals surface area (Å²) >= 11 is 8.01. The Hall–Kier alpha value is -1.56. The topological polar surface area (TPSA) is 45.2 Å². The van der Waals surface area contributed by atoms with Crippen LogP contribution in [0.2, 0.25) is 5.15 Å². The predicted molar refractivity (Wildman–Crippen MR) is 101 cm³/mol. The van der Waals surface area contributed by atoms with Crippen LogP contribution in [-0.4, -0.2) is 40.4 Å². The summed E-state index contributed by atoms with van der Waals surface area (Å²) in [4.78, 5) is 18.9. The van der Waals surface area contributed by atoms with Crippen LogP contribution in [0.25, 0.3) is 0 Å². The van der Waals surface area contributed by atoms with Crippen molar-refractivity contribution in [3.05, 3.63) is 58.4 Å². The number of rotatable bonds is 4. The molecule has 2 aromatic rings. The molecule has 3 rings (SSSR count). The number of carbonyl (C=O) groups excluding carboxylic acids is 1. The molecule has 0 aliphatic carbocycles. The molecule has 126 valence electrons. The lowest BCUT2D eigenvalue weighted by atomic mass is 10.1. The number of hydrogen-bond donors (Lipinski definition) is 1. The molecule has 0 saturated carbocycles. The molecule has 6 heteroatoms. The zero-order chi connectivity index (χ0) is 16.9. The fourth-order valence-electron chi connectivity index (χ4n) is 2.74. The lowest BCUT2D eigenvalue weighted by molar-refractivity contribution is 0.102. The lowest BCUT2D eigenvalue weighted by Crippen LogP contribution is -2.32. The van der Waals surface area contributed by atoms with Gasteiger partial charge in [0.2, 0.25) is 0 Å². The fourth-order valence-corrected chi connectivity index (χ4v) is 3.92. The van der Waals surface area contributed by atoms with Crippen molar-refractivity contribution in [1.82, 2.24) is 9.88 Å². The second-order valence-corrected chi connectivity index (χ2v) is 7.36. The smallest absolute Gasteiger partial charge is 0.258 e. The Morgan fingerprint density at radius 1 is 1.29 bits per heavy atom. The summed E-state index contributed by atoms with van der Waals surface area (Å²) in [5.74, 6) is 2.15. The number of thioether (sulfide) groups is 1. The van der Waals surface area contributed by atoms with Crippen LogP contribution in [0.1, 0.15) is 21.5 Å². The first-order valence-electron chi connectivity index (χ1n) is 7.95. The summed E-state index contributed by atoms with van der Waals surface area (Å²) in [6.45, 7) is 5.20. The van der Waals surface area contributed by atoms with Crippen LogP contribution in [0, 0.1) is 6.92 Å². The van der Waals surface area contributed by atoms with E-state index in [-0.39, 0.29) is 11.1 Å². The van der Waals surface area contributed by atoms with Crippen LogP contribution in [-0.2, 0) is 6.54 Å². The fraction of sp³-hybridized carbons (Fsp3) is 0.333. The van der Waals surface area contributed by atoms with Gasteiger partial charge in [-0.05, 0) is 36.2 Å². The molecule has 1 aliphatic rings. The molecule has 4 nitrogen and oxygen atoms in total. The number of hydrogen-bond acceptors (Lipinski definition) is 4. The van der Waals surface area contributed by atoms with Crippen molar-refractivity contribution in [2.24, 2.45) is 0 Å². The highest BCUT2D eigenvalue weighted by molar-refractivity contribution is 7.99. The second kappa shape index (κ2) is 8.01. The van der Waals surface area contributed by atoms with Gasteiger partial charge in [0, 0.05) is 43.0 Å². The van der Waals surface area contributed by atoms with E-state index in [2.05, 4.69) is 28.2 Å². The number of aromatic nitrogens is 1. The summed E-state index contributed by atoms with van der Waals surface area (Å²) in [5.41, 5.74) is 3.56. The highest BCUT2D eigenvalue weighted by Gasteiger charge is 2.15. The second-order valence-electron chi connectivity index (χ2n) is 5.77. The van der Waals surface area contributed by atoms with Gasteiger partial charge in [0.05, 0.1) is 5.56 Å². The third-order valence-corrected chi connectivity index (χ3v) is 5.44. The number of halogens is 1. The molecule has 0 radical (unpaired) electrons. The first-order valence-corrected chi connectivity index (χ1v) is 9.49. The zero-order valence-electron chi connectivity index (χ0n) is 13.6. The molecule has 24 heavy (non-hydrogen) atoms. The quantitative estimate of drug-likeness (QED) is 0.840. The van der Waals surface area contributed by atoms with Crippen LogP contribution in [0.15, 0.2) is 36.5 Å². The van der Waals surface area contributed by atoms with E-state index < -0.39 is 0 Å². The van der Waals surface area contributed by atoms with Gasteiger partial charge in [-0.3, -0.25) is 9.69 Å². The van der Waals surface area contributed by atoms with E-state index in [1.54, 1.807) is 18.3 Å². The van der Waals surface area contributed by atoms with E-state index in [9.17, 15) is 4.79 Å². The van der Waals surface area contributed by atoms with E-state index in [0.29, 0.717) is 5.56 Å². The number of anilines is 1. The number of pyridine rings is 1. The molecule has 1 saturated heterocycles. The molecule has 2 heterocycles. The third-order valence-electron chi connectivity index (χ3n) is 4.20. The van der Waals surface area contributed by atoms with E-state index in [0.717, 1.165) is 30.9 Å². The Labute approximate surface area is 151 Å². The maximum absolute atomic E-state index is 12.4. The normalized spacial score (nSPS) is 15.2. The molecule has 1 N–H and O–H groups in total. The summed E-state index contributed by atoms with van der Waals surface area (Å²) in [6.07, 6.45) is 1.57. The Morgan fingerprint density at radius 3 is 2.83 bits per heavy atom. The van der Waals surface area contributed by atoms with Crippen molar-refractivity contribution < 1.29 is 4.79 Å². The Bertz CT molecular complexity index is 732. The molecular formula is C18H20ClN3OS. The molecule has 0 bridgehead atoms. The molecule has 0 spiro atoms. The third kappa shape index (κ3) is 4.09. The van der Waals surface area contributed by atoms with Gasteiger partial charge >= 0.3 is 0 Å². The average Bonchev–Trinajstić information content (AvgIpc) is 2.60. The highest BCUT2D eigenvalue weighted by Crippen LogP contribution is 2.23. The van der Waals surface area contributed by atoms with Crippen molar-refractivity contribution in [3.63, 3.8) is 0 Å². The maximum atomic E-state index is 12.4. The molecule has 1 aliphatic heterocycles. The van der Waals surface area contributed by atoms with Crippen molar-refractivity contribution in [2.75, 3.05) is 29.9 Å². The van der Waals surface area contributed by atoms with Gasteiger partial charge in [0.25, 0.3) is 5.91 Å². The Kier molecular flexibility index (Phi) is 5.76. The van der Waals surface area contributed by atoms with Gasteiger partial charge in [0.1, 0.15) is 5.15 Å². The van der Waals surface area contributed by atoms with Crippen LogP contribution in [0.4, 0.5) is 5.69 Å². The molecule has 0 atom stereocenters. The SMILES string of the molecule is Cc1c(CN2CCSCC2)cccc1NC(=O)c1cccnc1Cl. The molecule has 1 aromatic carbocycles. The van der Waals surface area contributed by atoms with E-state index >= 15 is 0 Å². The van der Waals surface area contributed by atoms with Gasteiger partial charge < -0.3 is 5.32 Å². The summed E-state index contributed by atoms with van der Waals surface area (Å²) < 4.78 is 0. The molecule has 1 amide bonds. The van der Waals surface area contributed by atoms with Gasteiger partial charge in [-0.15, -0.1) is 0 Å². The minimum atomic E-state index is -0.234. The first-order chi connectivity index (χ1) is 11.6. The summed E-state index contributed by atoms with van der Waals surface area (Å²) in [5, 5.41) is 3.18. The molecule has 1 fully saturated rings. The van der Waals surface area contributed by atoms with E-state index in [1.807, 2.05) is 23.9 Å². The van der Waals surface area contributed by atoms with E-state index in [1.165, 1.54) is 17.1 Å². The predicted octanol–water partition coefficient (Wildman–Crippen LogP) is 3.84. The minimum Gasteiger partial charge on any atom is -0.322 e. The highest BCUT2D eigenvalue weighted by atomic mass is 35.5. The number of nitrogens with zero attached hydrogens (tertiary/aromatic N) is 2. The molecular weight excluding hydrogens is 342 g/mol. The van der Waals surface area contributed by atoms with Gasteiger partial charge in [-0.25, -0.2) is 4.98 Å². The molecule has 1 aromatic heterocycles. The monoisotopic (exact) mass is 361 g/mol. The van der Waals surface area contributed by atoms with Crippen molar-refractivity contribution in [1.29, 1.82) is 0 Å².